The second kappa shape index (κ2) is 6.00. The Kier molecular flexibility index (Phi) is 4.13. The van der Waals surface area contributed by atoms with Gasteiger partial charge in [0.25, 0.3) is 0 Å². The van der Waals surface area contributed by atoms with Crippen molar-refractivity contribution < 1.29 is 18.7 Å². The van der Waals surface area contributed by atoms with E-state index in [4.69, 9.17) is 9.47 Å². The number of rotatable bonds is 5. The predicted octanol–water partition coefficient (Wildman–Crippen LogP) is 3.10. The first kappa shape index (κ1) is 13.1. The van der Waals surface area contributed by atoms with E-state index in [-0.39, 0.29) is 23.7 Å². The predicted molar refractivity (Wildman–Crippen MR) is 69.2 cm³/mol. The molecule has 19 heavy (non-hydrogen) atoms. The zero-order chi connectivity index (χ0) is 13.7. The number of ether oxygens (including phenoxy) is 2. The number of methoxy groups -OCH3 is 1. The van der Waals surface area contributed by atoms with Crippen LogP contribution >= 0.6 is 0 Å². The van der Waals surface area contributed by atoms with E-state index in [1.54, 1.807) is 12.1 Å². The summed E-state index contributed by atoms with van der Waals surface area (Å²) in [7, 11) is 1.37. The fourth-order valence-corrected chi connectivity index (χ4v) is 1.59. The van der Waals surface area contributed by atoms with E-state index >= 15 is 0 Å². The Morgan fingerprint density at radius 3 is 2.53 bits per heavy atom. The van der Waals surface area contributed by atoms with Gasteiger partial charge in [-0.05, 0) is 30.3 Å². The Bertz CT molecular complexity index is 567. The maximum atomic E-state index is 13.5. The van der Waals surface area contributed by atoms with Gasteiger partial charge in [-0.3, -0.25) is 4.79 Å². The van der Waals surface area contributed by atoms with Crippen molar-refractivity contribution in [3.8, 4) is 11.5 Å². The van der Waals surface area contributed by atoms with Crippen molar-refractivity contribution in [1.29, 1.82) is 0 Å². The van der Waals surface area contributed by atoms with Gasteiger partial charge in [0.15, 0.2) is 24.0 Å². The molecule has 2 aromatic rings. The SMILES string of the molecule is COc1ccc(C(=O)COc2ccccc2)cc1F. The third kappa shape index (κ3) is 3.31. The molecule has 0 fully saturated rings. The summed E-state index contributed by atoms with van der Waals surface area (Å²) in [4.78, 5) is 11.8. The van der Waals surface area contributed by atoms with Gasteiger partial charge in [-0.15, -0.1) is 0 Å². The number of para-hydroxylation sites is 1. The summed E-state index contributed by atoms with van der Waals surface area (Å²) in [6.07, 6.45) is 0. The van der Waals surface area contributed by atoms with Gasteiger partial charge < -0.3 is 9.47 Å². The van der Waals surface area contributed by atoms with Gasteiger partial charge in [0.05, 0.1) is 7.11 Å². The van der Waals surface area contributed by atoms with E-state index in [2.05, 4.69) is 0 Å². The second-order valence-electron chi connectivity index (χ2n) is 3.87. The van der Waals surface area contributed by atoms with Crippen LogP contribution in [-0.4, -0.2) is 19.5 Å². The van der Waals surface area contributed by atoms with Crippen molar-refractivity contribution in [3.05, 3.63) is 59.9 Å². The van der Waals surface area contributed by atoms with E-state index in [1.165, 1.54) is 19.2 Å². The van der Waals surface area contributed by atoms with Gasteiger partial charge in [0.1, 0.15) is 5.75 Å². The quantitative estimate of drug-likeness (QED) is 0.775. The van der Waals surface area contributed by atoms with E-state index in [9.17, 15) is 9.18 Å². The third-order valence-electron chi connectivity index (χ3n) is 2.59. The lowest BCUT2D eigenvalue weighted by Crippen LogP contribution is -2.11. The highest BCUT2D eigenvalue weighted by Crippen LogP contribution is 2.18. The van der Waals surface area contributed by atoms with Crippen LogP contribution < -0.4 is 9.47 Å². The number of Topliss-reactive ketones (excluding diaryl/α,β-unsaturated/α-hetero) is 1. The fraction of sp³-hybridized carbons (Fsp3) is 0.133. The molecule has 0 heterocycles. The lowest BCUT2D eigenvalue weighted by molar-refractivity contribution is 0.0921. The van der Waals surface area contributed by atoms with Gasteiger partial charge >= 0.3 is 0 Å². The molecule has 2 rings (SSSR count). The van der Waals surface area contributed by atoms with Gasteiger partial charge in [-0.2, -0.15) is 0 Å². The highest BCUT2D eigenvalue weighted by Gasteiger charge is 2.10. The van der Waals surface area contributed by atoms with Crippen molar-refractivity contribution in [2.24, 2.45) is 0 Å². The van der Waals surface area contributed by atoms with E-state index < -0.39 is 5.82 Å². The van der Waals surface area contributed by atoms with Crippen LogP contribution in [0.15, 0.2) is 48.5 Å². The van der Waals surface area contributed by atoms with Crippen molar-refractivity contribution in [2.45, 2.75) is 0 Å². The molecule has 0 unspecified atom stereocenters. The van der Waals surface area contributed by atoms with Crippen LogP contribution in [0.5, 0.6) is 11.5 Å². The molecule has 0 aliphatic heterocycles. The molecule has 0 saturated carbocycles. The summed E-state index contributed by atoms with van der Waals surface area (Å²) in [5, 5.41) is 0. The molecule has 0 aromatic heterocycles. The Balaban J connectivity index is 2.02. The standard InChI is InChI=1S/C15H13FO3/c1-18-15-8-7-11(9-13(15)16)14(17)10-19-12-5-3-2-4-6-12/h2-9H,10H2,1H3. The number of halogens is 1. The summed E-state index contributed by atoms with van der Waals surface area (Å²) in [6, 6.07) is 13.1. The third-order valence-corrected chi connectivity index (χ3v) is 2.59. The molecule has 0 atom stereocenters. The van der Waals surface area contributed by atoms with Crippen LogP contribution in [0.3, 0.4) is 0 Å². The molecule has 2 aromatic carbocycles. The molecule has 0 bridgehead atoms. The van der Waals surface area contributed by atoms with Crippen LogP contribution in [0, 0.1) is 5.82 Å². The van der Waals surface area contributed by atoms with E-state index in [1.807, 2.05) is 18.2 Å². The topological polar surface area (TPSA) is 35.5 Å². The highest BCUT2D eigenvalue weighted by atomic mass is 19.1. The molecule has 3 nitrogen and oxygen atoms in total. The molecule has 0 aliphatic rings. The Morgan fingerprint density at radius 1 is 1.16 bits per heavy atom. The molecule has 4 heteroatoms. The summed E-state index contributed by atoms with van der Waals surface area (Å²) in [6.45, 7) is -0.129. The molecule has 0 aliphatic carbocycles. The molecular weight excluding hydrogens is 247 g/mol. The van der Waals surface area contributed by atoms with Crippen molar-refractivity contribution in [2.75, 3.05) is 13.7 Å². The van der Waals surface area contributed by atoms with Crippen molar-refractivity contribution >= 4 is 5.78 Å². The maximum Gasteiger partial charge on any atom is 0.200 e. The minimum atomic E-state index is -0.562. The van der Waals surface area contributed by atoms with E-state index in [0.717, 1.165) is 6.07 Å². The Hall–Kier alpha value is -2.36. The number of hydrogen-bond donors (Lipinski definition) is 0. The van der Waals surface area contributed by atoms with Gasteiger partial charge in [-0.25, -0.2) is 4.39 Å². The minimum Gasteiger partial charge on any atom is -0.494 e. The van der Waals surface area contributed by atoms with Gasteiger partial charge in [0.2, 0.25) is 0 Å². The number of ketones is 1. The molecule has 98 valence electrons. The fourth-order valence-electron chi connectivity index (χ4n) is 1.59. The first-order valence-electron chi connectivity index (χ1n) is 5.75. The molecule has 0 radical (unpaired) electrons. The van der Waals surface area contributed by atoms with Crippen LogP contribution in [0.4, 0.5) is 4.39 Å². The van der Waals surface area contributed by atoms with Crippen molar-refractivity contribution in [1.82, 2.24) is 0 Å². The first-order chi connectivity index (χ1) is 9.20. The summed E-state index contributed by atoms with van der Waals surface area (Å²) >= 11 is 0. The highest BCUT2D eigenvalue weighted by molar-refractivity contribution is 5.97. The number of carbonyl (C=O) groups excluding carboxylic acids is 1. The summed E-state index contributed by atoms with van der Waals surface area (Å²) < 4.78 is 23.6. The summed E-state index contributed by atoms with van der Waals surface area (Å²) in [5.41, 5.74) is 0.259. The van der Waals surface area contributed by atoms with Crippen LogP contribution in [0.1, 0.15) is 10.4 Å². The monoisotopic (exact) mass is 260 g/mol. The molecular formula is C15H13FO3. The van der Waals surface area contributed by atoms with Crippen LogP contribution in [-0.2, 0) is 0 Å². The smallest absolute Gasteiger partial charge is 0.200 e. The van der Waals surface area contributed by atoms with Gasteiger partial charge in [-0.1, -0.05) is 18.2 Å². The zero-order valence-corrected chi connectivity index (χ0v) is 10.4. The second-order valence-corrected chi connectivity index (χ2v) is 3.87. The lowest BCUT2D eigenvalue weighted by Gasteiger charge is -2.06. The molecule has 0 saturated heterocycles. The minimum absolute atomic E-state index is 0.112. The van der Waals surface area contributed by atoms with Crippen LogP contribution in [0.25, 0.3) is 0 Å². The summed E-state index contributed by atoms with van der Waals surface area (Å²) in [5.74, 6) is -0.135. The van der Waals surface area contributed by atoms with Gasteiger partial charge in [0, 0.05) is 5.56 Å². The Morgan fingerprint density at radius 2 is 1.89 bits per heavy atom. The number of hydrogen-bond acceptors (Lipinski definition) is 3. The van der Waals surface area contributed by atoms with Crippen LogP contribution in [0.2, 0.25) is 0 Å². The first-order valence-corrected chi connectivity index (χ1v) is 5.75. The zero-order valence-electron chi connectivity index (χ0n) is 10.4. The lowest BCUT2D eigenvalue weighted by atomic mass is 10.1. The molecule has 0 N–H and O–H groups in total. The van der Waals surface area contributed by atoms with Crippen molar-refractivity contribution in [3.63, 3.8) is 0 Å². The maximum absolute atomic E-state index is 13.5. The average molecular weight is 260 g/mol. The van der Waals surface area contributed by atoms with E-state index in [0.29, 0.717) is 5.75 Å². The molecule has 0 amide bonds. The number of benzene rings is 2. The normalized spacial score (nSPS) is 10.0. The molecule has 0 spiro atoms. The largest absolute Gasteiger partial charge is 0.494 e. The number of carbonyl (C=O) groups is 1. The average Bonchev–Trinajstić information content (AvgIpc) is 2.45. The Labute approximate surface area is 110 Å².